The highest BCUT2D eigenvalue weighted by molar-refractivity contribution is 5.99. The van der Waals surface area contributed by atoms with Crippen LogP contribution in [-0.4, -0.2) is 47.0 Å². The van der Waals surface area contributed by atoms with Crippen molar-refractivity contribution in [2.24, 2.45) is 0 Å². The van der Waals surface area contributed by atoms with Gasteiger partial charge < -0.3 is 20.1 Å². The van der Waals surface area contributed by atoms with Gasteiger partial charge in [-0.25, -0.2) is 0 Å². The van der Waals surface area contributed by atoms with Gasteiger partial charge >= 0.3 is 5.97 Å². The van der Waals surface area contributed by atoms with E-state index in [9.17, 15) is 14.4 Å². The van der Waals surface area contributed by atoms with Gasteiger partial charge in [-0.05, 0) is 19.9 Å². The first-order chi connectivity index (χ1) is 9.27. The number of ether oxygens (including phenoxy) is 1. The van der Waals surface area contributed by atoms with Crippen LogP contribution >= 0.6 is 0 Å². The summed E-state index contributed by atoms with van der Waals surface area (Å²) in [4.78, 5) is 36.7. The minimum absolute atomic E-state index is 0.0608. The summed E-state index contributed by atoms with van der Waals surface area (Å²) in [6.45, 7) is 3.03. The van der Waals surface area contributed by atoms with Crippen LogP contribution in [0.3, 0.4) is 0 Å². The topological polar surface area (TPSA) is 108 Å². The van der Waals surface area contributed by atoms with Gasteiger partial charge in [0, 0.05) is 18.9 Å². The molecular formula is C13H18N2O5. The Morgan fingerprint density at radius 3 is 2.55 bits per heavy atom. The maximum absolute atomic E-state index is 12.1. The maximum Gasteiger partial charge on any atom is 0.305 e. The van der Waals surface area contributed by atoms with Gasteiger partial charge in [-0.15, -0.1) is 0 Å². The molecule has 0 aliphatic carbocycles. The molecule has 1 amide bonds. The minimum atomic E-state index is -1.04. The SMILES string of the molecule is COCC(C)(CC(=O)O)NC(=O)c1cc(C(C)=O)c[nH]1. The molecule has 0 radical (unpaired) electrons. The van der Waals surface area contributed by atoms with Crippen LogP contribution < -0.4 is 5.32 Å². The standard InChI is InChI=1S/C13H18N2O5/c1-8(16)9-4-10(14-6-9)12(19)15-13(2,7-20-3)5-11(17)18/h4,6,14H,5,7H2,1-3H3,(H,15,19)(H,17,18). The Kier molecular flexibility index (Phi) is 5.04. The number of amides is 1. The lowest BCUT2D eigenvalue weighted by Crippen LogP contribution is -2.50. The van der Waals surface area contributed by atoms with Crippen molar-refractivity contribution in [3.63, 3.8) is 0 Å². The number of carbonyl (C=O) groups is 3. The third-order valence-corrected chi connectivity index (χ3v) is 2.75. The fourth-order valence-electron chi connectivity index (χ4n) is 1.85. The normalized spacial score (nSPS) is 13.6. The summed E-state index contributed by atoms with van der Waals surface area (Å²) in [5.41, 5.74) is -0.441. The van der Waals surface area contributed by atoms with Crippen LogP contribution in [0.5, 0.6) is 0 Å². The third-order valence-electron chi connectivity index (χ3n) is 2.75. The van der Waals surface area contributed by atoms with Crippen molar-refractivity contribution in [1.82, 2.24) is 10.3 Å². The second-order valence-corrected chi connectivity index (χ2v) is 4.88. The van der Waals surface area contributed by atoms with E-state index in [1.807, 2.05) is 0 Å². The minimum Gasteiger partial charge on any atom is -0.481 e. The van der Waals surface area contributed by atoms with E-state index in [-0.39, 0.29) is 24.5 Å². The number of carboxylic acids is 1. The molecule has 1 atom stereocenters. The molecule has 0 saturated heterocycles. The Balaban J connectivity index is 2.84. The smallest absolute Gasteiger partial charge is 0.305 e. The van der Waals surface area contributed by atoms with Gasteiger partial charge in [0.1, 0.15) is 5.69 Å². The molecule has 1 aromatic heterocycles. The van der Waals surface area contributed by atoms with Gasteiger partial charge in [0.2, 0.25) is 0 Å². The van der Waals surface area contributed by atoms with Crippen LogP contribution in [0.15, 0.2) is 12.3 Å². The van der Waals surface area contributed by atoms with Gasteiger partial charge in [-0.3, -0.25) is 14.4 Å². The maximum atomic E-state index is 12.1. The lowest BCUT2D eigenvalue weighted by Gasteiger charge is -2.28. The van der Waals surface area contributed by atoms with E-state index in [2.05, 4.69) is 10.3 Å². The van der Waals surface area contributed by atoms with Crippen LogP contribution in [0.25, 0.3) is 0 Å². The first-order valence-corrected chi connectivity index (χ1v) is 6.00. The fraction of sp³-hybridized carbons (Fsp3) is 0.462. The van der Waals surface area contributed by atoms with Gasteiger partial charge in [0.05, 0.1) is 18.6 Å². The molecule has 0 bridgehead atoms. The van der Waals surface area contributed by atoms with Crippen molar-refractivity contribution in [3.8, 4) is 0 Å². The molecule has 7 heteroatoms. The van der Waals surface area contributed by atoms with E-state index < -0.39 is 17.4 Å². The van der Waals surface area contributed by atoms with E-state index in [4.69, 9.17) is 9.84 Å². The van der Waals surface area contributed by atoms with Gasteiger partial charge in [-0.1, -0.05) is 0 Å². The number of carboxylic acid groups (broad SMARTS) is 1. The number of methoxy groups -OCH3 is 1. The number of hydrogen-bond acceptors (Lipinski definition) is 4. The average molecular weight is 282 g/mol. The van der Waals surface area contributed by atoms with E-state index >= 15 is 0 Å². The predicted molar refractivity (Wildman–Crippen MR) is 70.8 cm³/mol. The first kappa shape index (κ1) is 15.9. The van der Waals surface area contributed by atoms with Crippen LogP contribution in [-0.2, 0) is 9.53 Å². The summed E-state index contributed by atoms with van der Waals surface area (Å²) in [5, 5.41) is 11.5. The summed E-state index contributed by atoms with van der Waals surface area (Å²) < 4.78 is 4.95. The molecule has 0 saturated carbocycles. The summed E-state index contributed by atoms with van der Waals surface area (Å²) in [5.74, 6) is -1.69. The molecule has 0 fully saturated rings. The number of H-pyrrole nitrogens is 1. The zero-order valence-corrected chi connectivity index (χ0v) is 11.6. The Morgan fingerprint density at radius 1 is 1.45 bits per heavy atom. The molecule has 20 heavy (non-hydrogen) atoms. The number of hydrogen-bond donors (Lipinski definition) is 3. The van der Waals surface area contributed by atoms with Crippen LogP contribution in [0.2, 0.25) is 0 Å². The number of aliphatic carboxylic acids is 1. The lowest BCUT2D eigenvalue weighted by atomic mass is 9.98. The van der Waals surface area contributed by atoms with Gasteiger partial charge in [-0.2, -0.15) is 0 Å². The Bertz CT molecular complexity index is 523. The molecule has 110 valence electrons. The number of carbonyl (C=O) groups excluding carboxylic acids is 2. The number of nitrogens with one attached hydrogen (secondary N) is 2. The number of Topliss-reactive ketones (excluding diaryl/α,β-unsaturated/α-hetero) is 1. The van der Waals surface area contributed by atoms with Crippen LogP contribution in [0, 0.1) is 0 Å². The Hall–Kier alpha value is -2.15. The molecule has 3 N–H and O–H groups in total. The van der Waals surface area contributed by atoms with E-state index in [0.29, 0.717) is 5.56 Å². The summed E-state index contributed by atoms with van der Waals surface area (Å²) >= 11 is 0. The zero-order valence-electron chi connectivity index (χ0n) is 11.6. The lowest BCUT2D eigenvalue weighted by molar-refractivity contribution is -0.139. The van der Waals surface area contributed by atoms with Gasteiger partial charge in [0.25, 0.3) is 5.91 Å². The van der Waals surface area contributed by atoms with E-state index in [1.165, 1.54) is 26.3 Å². The summed E-state index contributed by atoms with van der Waals surface area (Å²) in [7, 11) is 1.43. The molecule has 0 aliphatic heterocycles. The van der Waals surface area contributed by atoms with E-state index in [0.717, 1.165) is 0 Å². The quantitative estimate of drug-likeness (QED) is 0.642. The molecule has 1 heterocycles. The Labute approximate surface area is 116 Å². The van der Waals surface area contributed by atoms with Crippen molar-refractivity contribution in [3.05, 3.63) is 23.5 Å². The van der Waals surface area contributed by atoms with Gasteiger partial charge in [0.15, 0.2) is 5.78 Å². The summed E-state index contributed by atoms with van der Waals surface area (Å²) in [6.07, 6.45) is 1.16. The molecule has 1 aromatic rings. The molecule has 0 spiro atoms. The highest BCUT2D eigenvalue weighted by atomic mass is 16.5. The summed E-state index contributed by atoms with van der Waals surface area (Å²) in [6, 6.07) is 1.42. The second-order valence-electron chi connectivity index (χ2n) is 4.88. The van der Waals surface area contributed by atoms with Crippen LogP contribution in [0.1, 0.15) is 41.1 Å². The number of aromatic nitrogens is 1. The molecule has 0 aliphatic rings. The van der Waals surface area contributed by atoms with E-state index in [1.54, 1.807) is 6.92 Å². The van der Waals surface area contributed by atoms with Crippen molar-refractivity contribution in [1.29, 1.82) is 0 Å². The number of ketones is 1. The number of aromatic amines is 1. The van der Waals surface area contributed by atoms with Crippen molar-refractivity contribution >= 4 is 17.7 Å². The Morgan fingerprint density at radius 2 is 2.10 bits per heavy atom. The zero-order chi connectivity index (χ0) is 15.3. The predicted octanol–water partition coefficient (Wildman–Crippen LogP) is 0.827. The molecule has 7 nitrogen and oxygen atoms in total. The fourth-order valence-corrected chi connectivity index (χ4v) is 1.85. The first-order valence-electron chi connectivity index (χ1n) is 6.00. The highest BCUT2D eigenvalue weighted by Gasteiger charge is 2.30. The molecule has 1 rings (SSSR count). The molecule has 1 unspecified atom stereocenters. The number of rotatable bonds is 7. The van der Waals surface area contributed by atoms with Crippen molar-refractivity contribution in [2.45, 2.75) is 25.8 Å². The third kappa shape index (κ3) is 4.20. The van der Waals surface area contributed by atoms with Crippen LogP contribution in [0.4, 0.5) is 0 Å². The van der Waals surface area contributed by atoms with Crippen molar-refractivity contribution in [2.75, 3.05) is 13.7 Å². The average Bonchev–Trinajstić information content (AvgIpc) is 2.76. The molecule has 0 aromatic carbocycles. The second kappa shape index (κ2) is 6.33. The van der Waals surface area contributed by atoms with Crippen molar-refractivity contribution < 1.29 is 24.2 Å². The molecular weight excluding hydrogens is 264 g/mol. The largest absolute Gasteiger partial charge is 0.481 e. The highest BCUT2D eigenvalue weighted by Crippen LogP contribution is 2.12. The monoisotopic (exact) mass is 282 g/mol.